The minimum atomic E-state index is 1.25. The van der Waals surface area contributed by atoms with Gasteiger partial charge in [0.1, 0.15) is 0 Å². The number of hydrogen-bond donors (Lipinski definition) is 0. The highest BCUT2D eigenvalue weighted by atomic mass is 32.1. The summed E-state index contributed by atoms with van der Waals surface area (Å²) in [5.41, 5.74) is 1.36. The Morgan fingerprint density at radius 3 is 1.35 bits per heavy atom. The van der Waals surface area contributed by atoms with Crippen LogP contribution in [0.4, 0.5) is 0 Å². The Hall–Kier alpha value is -1.08. The molecule has 0 saturated carbocycles. The Labute approximate surface area is 111 Å². The summed E-state index contributed by atoms with van der Waals surface area (Å²) >= 11 is 1.74. The van der Waals surface area contributed by atoms with Crippen molar-refractivity contribution >= 4 is 11.3 Å². The third-order valence-electron chi connectivity index (χ3n) is 1.33. The van der Waals surface area contributed by atoms with E-state index in [1.807, 2.05) is 50.2 Å². The minimum Gasteiger partial charge on any atom is -0.152 e. The molecule has 0 spiro atoms. The Balaban J connectivity index is 0. The lowest BCUT2D eigenvalue weighted by Gasteiger charge is -1.69. The van der Waals surface area contributed by atoms with Crippen LogP contribution >= 0.6 is 11.3 Å². The molecule has 0 fully saturated rings. The van der Waals surface area contributed by atoms with Gasteiger partial charge in [-0.2, -0.15) is 11.3 Å². The van der Waals surface area contributed by atoms with Gasteiger partial charge in [-0.3, -0.25) is 0 Å². The lowest BCUT2D eigenvalue weighted by Crippen LogP contribution is -1.47. The van der Waals surface area contributed by atoms with Gasteiger partial charge in [0.05, 0.1) is 0 Å². The van der Waals surface area contributed by atoms with Crippen LogP contribution in [-0.2, 0) is 0 Å². The molecule has 96 valence electrons. The fourth-order valence-corrected chi connectivity index (χ4v) is 1.38. The van der Waals surface area contributed by atoms with Crippen LogP contribution in [0.25, 0.3) is 0 Å². The largest absolute Gasteiger partial charge is 0.152 e. The number of thiophene rings is 1. The van der Waals surface area contributed by atoms with Crippen molar-refractivity contribution in [2.75, 3.05) is 0 Å². The van der Waals surface area contributed by atoms with Crippen molar-refractivity contribution in [1.29, 1.82) is 0 Å². The molecule has 0 aliphatic heterocycles. The van der Waals surface area contributed by atoms with Crippen LogP contribution in [0, 0.1) is 6.92 Å². The summed E-state index contributed by atoms with van der Waals surface area (Å²) in [5.74, 6) is 0. The van der Waals surface area contributed by atoms with Crippen LogP contribution in [0.5, 0.6) is 0 Å². The molecule has 2 rings (SSSR count). The average molecular weight is 250 g/mol. The molecule has 0 N–H and O–H groups in total. The summed E-state index contributed by atoms with van der Waals surface area (Å²) in [5, 5.41) is 4.20. The molecule has 0 atom stereocenters. The van der Waals surface area contributed by atoms with E-state index in [1.54, 1.807) is 11.3 Å². The fraction of sp³-hybridized carbons (Fsp3) is 0.375. The van der Waals surface area contributed by atoms with Crippen molar-refractivity contribution in [3.05, 3.63) is 58.8 Å². The Bertz CT molecular complexity index is 258. The second kappa shape index (κ2) is 17.3. The predicted octanol–water partition coefficient (Wildman–Crippen LogP) is 6.19. The van der Waals surface area contributed by atoms with Gasteiger partial charge >= 0.3 is 0 Å². The second-order valence-electron chi connectivity index (χ2n) is 3.16. The lowest BCUT2D eigenvalue weighted by molar-refractivity contribution is 1.09. The molecular weight excluding hydrogens is 224 g/mol. The summed E-state index contributed by atoms with van der Waals surface area (Å²) in [6.07, 6.45) is 1.25. The molecule has 1 aromatic heterocycles. The Morgan fingerprint density at radius 1 is 0.882 bits per heavy atom. The van der Waals surface area contributed by atoms with E-state index in [1.165, 1.54) is 12.0 Å². The molecule has 0 aliphatic rings. The topological polar surface area (TPSA) is 0 Å². The van der Waals surface area contributed by atoms with Crippen molar-refractivity contribution in [3.8, 4) is 0 Å². The van der Waals surface area contributed by atoms with Crippen LogP contribution in [0.2, 0.25) is 0 Å². The van der Waals surface area contributed by atoms with Crippen molar-refractivity contribution in [3.63, 3.8) is 0 Å². The van der Waals surface area contributed by atoms with E-state index in [2.05, 4.69) is 37.6 Å². The van der Waals surface area contributed by atoms with Gasteiger partial charge in [-0.25, -0.2) is 0 Å². The minimum absolute atomic E-state index is 1.25. The van der Waals surface area contributed by atoms with E-state index >= 15 is 0 Å². The second-order valence-corrected chi connectivity index (χ2v) is 3.94. The highest BCUT2D eigenvalue weighted by molar-refractivity contribution is 7.07. The average Bonchev–Trinajstić information content (AvgIpc) is 2.87. The molecule has 0 nitrogen and oxygen atoms in total. The maximum absolute atomic E-state index is 2.12. The van der Waals surface area contributed by atoms with Crippen molar-refractivity contribution in [2.24, 2.45) is 0 Å². The molecule has 0 radical (unpaired) electrons. The molecule has 0 bridgehead atoms. The van der Waals surface area contributed by atoms with E-state index < -0.39 is 0 Å². The first-order chi connectivity index (χ1) is 8.31. The lowest BCUT2D eigenvalue weighted by atomic mass is 10.4. The van der Waals surface area contributed by atoms with Crippen LogP contribution in [0.15, 0.2) is 53.2 Å². The summed E-state index contributed by atoms with van der Waals surface area (Å²) in [6.45, 7) is 10.3. The number of hydrogen-bond acceptors (Lipinski definition) is 1. The van der Waals surface area contributed by atoms with Gasteiger partial charge in [-0.1, -0.05) is 70.5 Å². The predicted molar refractivity (Wildman–Crippen MR) is 82.8 cm³/mol. The van der Waals surface area contributed by atoms with Gasteiger partial charge in [0.2, 0.25) is 0 Å². The van der Waals surface area contributed by atoms with Crippen LogP contribution in [0.1, 0.15) is 39.7 Å². The van der Waals surface area contributed by atoms with Gasteiger partial charge in [0, 0.05) is 0 Å². The first-order valence-electron chi connectivity index (χ1n) is 6.30. The molecule has 17 heavy (non-hydrogen) atoms. The molecule has 0 amide bonds. The van der Waals surface area contributed by atoms with E-state index in [0.29, 0.717) is 0 Å². The zero-order chi connectivity index (χ0) is 13.4. The molecule has 1 heterocycles. The van der Waals surface area contributed by atoms with Gasteiger partial charge in [0.25, 0.3) is 0 Å². The van der Waals surface area contributed by atoms with E-state index in [0.717, 1.165) is 0 Å². The van der Waals surface area contributed by atoms with Gasteiger partial charge in [-0.15, -0.1) is 0 Å². The highest BCUT2D eigenvalue weighted by Gasteiger charge is 1.74. The summed E-state index contributed by atoms with van der Waals surface area (Å²) < 4.78 is 0. The molecule has 2 aromatic rings. The van der Waals surface area contributed by atoms with Crippen molar-refractivity contribution < 1.29 is 0 Å². The molecule has 0 aliphatic carbocycles. The van der Waals surface area contributed by atoms with Gasteiger partial charge < -0.3 is 0 Å². The van der Waals surface area contributed by atoms with E-state index in [4.69, 9.17) is 0 Å². The Morgan fingerprint density at radius 2 is 1.24 bits per heavy atom. The van der Waals surface area contributed by atoms with Gasteiger partial charge in [-0.05, 0) is 29.3 Å². The zero-order valence-electron chi connectivity index (χ0n) is 11.8. The summed E-state index contributed by atoms with van der Waals surface area (Å²) in [7, 11) is 0. The molecule has 0 unspecified atom stereocenters. The molecule has 0 saturated heterocycles. The van der Waals surface area contributed by atoms with E-state index in [9.17, 15) is 0 Å². The zero-order valence-corrected chi connectivity index (χ0v) is 12.6. The van der Waals surface area contributed by atoms with Crippen LogP contribution in [-0.4, -0.2) is 0 Å². The standard InChI is InChI=1S/C6H6.C5H6S.C3H8.C2H6/c1-2-4-6-5-3-1;1-5-2-3-6-4-5;1-3-2;1-2/h1-6H;2-4H,1H3;3H2,1-2H3;1-2H3. The Kier molecular flexibility index (Phi) is 18.6. The van der Waals surface area contributed by atoms with Crippen LogP contribution in [0.3, 0.4) is 0 Å². The highest BCUT2D eigenvalue weighted by Crippen LogP contribution is 2.01. The normalized spacial score (nSPS) is 7.35. The maximum Gasteiger partial charge on any atom is -0.00641 e. The van der Waals surface area contributed by atoms with Crippen molar-refractivity contribution in [2.45, 2.75) is 41.0 Å². The monoisotopic (exact) mass is 250 g/mol. The molecule has 1 aromatic carbocycles. The van der Waals surface area contributed by atoms with Crippen molar-refractivity contribution in [1.82, 2.24) is 0 Å². The first kappa shape index (κ1) is 18.3. The fourth-order valence-electron chi connectivity index (χ4n) is 0.717. The number of benzene rings is 1. The van der Waals surface area contributed by atoms with E-state index in [-0.39, 0.29) is 0 Å². The molecular formula is C16H26S. The third kappa shape index (κ3) is 17.5. The third-order valence-corrected chi connectivity index (χ3v) is 2.13. The smallest absolute Gasteiger partial charge is 0.00641 e. The number of rotatable bonds is 0. The summed E-state index contributed by atoms with van der Waals surface area (Å²) in [6, 6.07) is 14.1. The SMILES string of the molecule is CC.CCC.Cc1ccsc1.c1ccccc1. The van der Waals surface area contributed by atoms with Gasteiger partial charge in [0.15, 0.2) is 0 Å². The van der Waals surface area contributed by atoms with Crippen LogP contribution < -0.4 is 0 Å². The quantitative estimate of drug-likeness (QED) is 0.523. The maximum atomic E-state index is 2.12. The summed E-state index contributed by atoms with van der Waals surface area (Å²) in [4.78, 5) is 0. The first-order valence-corrected chi connectivity index (χ1v) is 7.24. The molecule has 1 heteroatoms. The number of aryl methyl sites for hydroxylation is 1.